The van der Waals surface area contributed by atoms with Gasteiger partial charge in [0.2, 0.25) is 0 Å². The van der Waals surface area contributed by atoms with Crippen LogP contribution in [-0.4, -0.2) is 42.3 Å². The van der Waals surface area contributed by atoms with E-state index in [0.29, 0.717) is 34.7 Å². The second-order valence-corrected chi connectivity index (χ2v) is 7.07. The summed E-state index contributed by atoms with van der Waals surface area (Å²) in [6, 6.07) is 11.2. The zero-order valence-corrected chi connectivity index (χ0v) is 14.8. The maximum atomic E-state index is 12.2. The Morgan fingerprint density at radius 2 is 2.04 bits per heavy atom. The van der Waals surface area contributed by atoms with Crippen molar-refractivity contribution in [3.8, 4) is 11.3 Å². The molecule has 5 nitrogen and oxygen atoms in total. The molecule has 2 aliphatic rings. The Balaban J connectivity index is 1.51. The van der Waals surface area contributed by atoms with Crippen molar-refractivity contribution in [1.82, 2.24) is 4.90 Å². The zero-order chi connectivity index (χ0) is 17.2. The van der Waals surface area contributed by atoms with Crippen molar-refractivity contribution in [1.29, 1.82) is 0 Å². The number of benzene rings is 1. The molecule has 0 radical (unpaired) electrons. The Morgan fingerprint density at radius 3 is 2.84 bits per heavy atom. The average Bonchev–Trinajstić information content (AvgIpc) is 3.24. The summed E-state index contributed by atoms with van der Waals surface area (Å²) in [5.74, 6) is 1.09. The number of halogens is 1. The molecule has 128 valence electrons. The molecule has 1 saturated heterocycles. The lowest BCUT2D eigenvalue weighted by Crippen LogP contribution is -2.38. The summed E-state index contributed by atoms with van der Waals surface area (Å²) < 4.78 is 11.2. The van der Waals surface area contributed by atoms with Crippen molar-refractivity contribution in [2.24, 2.45) is 4.99 Å². The summed E-state index contributed by atoms with van der Waals surface area (Å²) in [4.78, 5) is 18.9. The summed E-state index contributed by atoms with van der Waals surface area (Å²) in [7, 11) is 0. The van der Waals surface area contributed by atoms with E-state index in [1.165, 1.54) is 11.8 Å². The molecule has 4 rings (SSSR count). The number of thioether (sulfide) groups is 1. The molecule has 0 saturated carbocycles. The molecule has 1 aromatic heterocycles. The van der Waals surface area contributed by atoms with E-state index < -0.39 is 0 Å². The van der Waals surface area contributed by atoms with Crippen LogP contribution in [0.15, 0.2) is 50.7 Å². The summed E-state index contributed by atoms with van der Waals surface area (Å²) in [5, 5.41) is 1.39. The fourth-order valence-electron chi connectivity index (χ4n) is 2.64. The minimum absolute atomic E-state index is 0.229. The van der Waals surface area contributed by atoms with E-state index in [1.807, 2.05) is 36.4 Å². The standard InChI is InChI=1S/C18H15ClN2O3S/c19-13-3-1-2-12(10-13)15-5-4-14(24-15)11-16-17(22)20-18(25-16)21-6-8-23-9-7-21/h1-5,10-11H,6-9H2/b16-11-. The van der Waals surface area contributed by atoms with Gasteiger partial charge in [-0.15, -0.1) is 0 Å². The molecule has 0 aliphatic carbocycles. The monoisotopic (exact) mass is 374 g/mol. The van der Waals surface area contributed by atoms with Gasteiger partial charge in [0, 0.05) is 29.8 Å². The van der Waals surface area contributed by atoms with E-state index in [2.05, 4.69) is 9.89 Å². The first kappa shape index (κ1) is 16.4. The van der Waals surface area contributed by atoms with E-state index in [-0.39, 0.29) is 5.91 Å². The molecule has 2 aliphatic heterocycles. The second-order valence-electron chi connectivity index (χ2n) is 5.62. The number of morpholine rings is 1. The van der Waals surface area contributed by atoms with Crippen LogP contribution in [0, 0.1) is 0 Å². The molecule has 7 heteroatoms. The van der Waals surface area contributed by atoms with Crippen molar-refractivity contribution in [3.63, 3.8) is 0 Å². The highest BCUT2D eigenvalue weighted by atomic mass is 35.5. The van der Waals surface area contributed by atoms with Gasteiger partial charge in [-0.2, -0.15) is 4.99 Å². The Morgan fingerprint density at radius 1 is 1.20 bits per heavy atom. The van der Waals surface area contributed by atoms with Crippen LogP contribution in [0.1, 0.15) is 5.76 Å². The minimum Gasteiger partial charge on any atom is -0.457 e. The molecule has 3 heterocycles. The number of ether oxygens (including phenoxy) is 1. The maximum absolute atomic E-state index is 12.2. The third kappa shape index (κ3) is 3.66. The van der Waals surface area contributed by atoms with Crippen LogP contribution in [0.25, 0.3) is 17.4 Å². The smallest absolute Gasteiger partial charge is 0.286 e. The van der Waals surface area contributed by atoms with Crippen LogP contribution < -0.4 is 0 Å². The second kappa shape index (κ2) is 7.07. The number of hydrogen-bond donors (Lipinski definition) is 0. The van der Waals surface area contributed by atoms with Crippen LogP contribution in [0.5, 0.6) is 0 Å². The topological polar surface area (TPSA) is 55.0 Å². The summed E-state index contributed by atoms with van der Waals surface area (Å²) in [6.07, 6.45) is 1.73. The van der Waals surface area contributed by atoms with E-state index >= 15 is 0 Å². The number of rotatable bonds is 2. The first-order valence-electron chi connectivity index (χ1n) is 7.90. The van der Waals surface area contributed by atoms with Gasteiger partial charge >= 0.3 is 0 Å². The fourth-order valence-corrected chi connectivity index (χ4v) is 3.78. The van der Waals surface area contributed by atoms with Crippen LogP contribution in [0.4, 0.5) is 0 Å². The third-order valence-corrected chi connectivity index (χ3v) is 5.18. The maximum Gasteiger partial charge on any atom is 0.286 e. The average molecular weight is 375 g/mol. The molecule has 2 aromatic rings. The van der Waals surface area contributed by atoms with Crippen molar-refractivity contribution in [2.75, 3.05) is 26.3 Å². The largest absolute Gasteiger partial charge is 0.457 e. The highest BCUT2D eigenvalue weighted by Crippen LogP contribution is 2.32. The molecule has 1 amide bonds. The van der Waals surface area contributed by atoms with Gasteiger partial charge in [0.1, 0.15) is 11.5 Å². The number of amidine groups is 1. The summed E-state index contributed by atoms with van der Waals surface area (Å²) in [6.45, 7) is 2.83. The van der Waals surface area contributed by atoms with Crippen LogP contribution in [0.3, 0.4) is 0 Å². The van der Waals surface area contributed by atoms with Crippen LogP contribution in [-0.2, 0) is 9.53 Å². The van der Waals surface area contributed by atoms with Crippen molar-refractivity contribution < 1.29 is 13.9 Å². The van der Waals surface area contributed by atoms with Gasteiger partial charge in [-0.25, -0.2) is 0 Å². The van der Waals surface area contributed by atoms with Gasteiger partial charge in [0.25, 0.3) is 5.91 Å². The van der Waals surface area contributed by atoms with E-state index in [9.17, 15) is 4.79 Å². The number of nitrogens with zero attached hydrogens (tertiary/aromatic N) is 2. The third-order valence-electron chi connectivity index (χ3n) is 3.90. The predicted octanol–water partition coefficient (Wildman–Crippen LogP) is 3.90. The number of furan rings is 1. The Labute approximate surface area is 154 Å². The SMILES string of the molecule is O=C1N=C(N2CCOCC2)S/C1=C\c1ccc(-c2cccc(Cl)c2)o1. The lowest BCUT2D eigenvalue weighted by atomic mass is 10.2. The van der Waals surface area contributed by atoms with Crippen LogP contribution in [0.2, 0.25) is 5.02 Å². The van der Waals surface area contributed by atoms with Crippen molar-refractivity contribution in [3.05, 3.63) is 52.1 Å². The zero-order valence-electron chi connectivity index (χ0n) is 13.3. The Kier molecular flexibility index (Phi) is 4.65. The molecular weight excluding hydrogens is 360 g/mol. The molecule has 0 N–H and O–H groups in total. The predicted molar refractivity (Wildman–Crippen MR) is 99.6 cm³/mol. The fraction of sp³-hybridized carbons (Fsp3) is 0.222. The lowest BCUT2D eigenvalue weighted by Gasteiger charge is -2.27. The van der Waals surface area contributed by atoms with Gasteiger partial charge in [0.15, 0.2) is 5.17 Å². The van der Waals surface area contributed by atoms with Gasteiger partial charge in [-0.05, 0) is 36.0 Å². The molecular formula is C18H15ClN2O3S. The minimum atomic E-state index is -0.229. The number of aliphatic imine (C=N–C) groups is 1. The van der Waals surface area contributed by atoms with E-state index in [0.717, 1.165) is 23.8 Å². The Bertz CT molecular complexity index is 869. The highest BCUT2D eigenvalue weighted by molar-refractivity contribution is 8.18. The van der Waals surface area contributed by atoms with Gasteiger partial charge in [0.05, 0.1) is 18.1 Å². The number of carbonyl (C=O) groups is 1. The number of hydrogen-bond acceptors (Lipinski definition) is 5. The first-order valence-corrected chi connectivity index (χ1v) is 9.09. The van der Waals surface area contributed by atoms with Crippen molar-refractivity contribution in [2.45, 2.75) is 0 Å². The summed E-state index contributed by atoms with van der Waals surface area (Å²) in [5.41, 5.74) is 0.896. The molecule has 0 spiro atoms. The van der Waals surface area contributed by atoms with Gasteiger partial charge < -0.3 is 14.1 Å². The molecule has 1 aromatic carbocycles. The number of carbonyl (C=O) groups excluding carboxylic acids is 1. The van der Waals surface area contributed by atoms with E-state index in [1.54, 1.807) is 6.08 Å². The van der Waals surface area contributed by atoms with Crippen LogP contribution >= 0.6 is 23.4 Å². The first-order chi connectivity index (χ1) is 12.2. The summed E-state index contributed by atoms with van der Waals surface area (Å²) >= 11 is 7.40. The quantitative estimate of drug-likeness (QED) is 0.746. The van der Waals surface area contributed by atoms with Gasteiger partial charge in [-0.1, -0.05) is 23.7 Å². The molecule has 25 heavy (non-hydrogen) atoms. The normalized spacial score (nSPS) is 19.6. The highest BCUT2D eigenvalue weighted by Gasteiger charge is 2.27. The molecule has 0 unspecified atom stereocenters. The van der Waals surface area contributed by atoms with Gasteiger partial charge in [-0.3, -0.25) is 4.79 Å². The molecule has 1 fully saturated rings. The molecule has 0 bridgehead atoms. The molecule has 0 atom stereocenters. The van der Waals surface area contributed by atoms with E-state index in [4.69, 9.17) is 20.8 Å². The number of amides is 1. The Hall–Kier alpha value is -2.02. The van der Waals surface area contributed by atoms with Crippen molar-refractivity contribution >= 4 is 40.5 Å². The lowest BCUT2D eigenvalue weighted by molar-refractivity contribution is -0.113.